The molecular formula is C16H13ClN2O. The average Bonchev–Trinajstić information content (AvgIpc) is 2.53. The summed E-state index contributed by atoms with van der Waals surface area (Å²) in [6, 6.07) is 18.1. The van der Waals surface area contributed by atoms with Gasteiger partial charge in [-0.25, -0.2) is 0 Å². The van der Waals surface area contributed by atoms with Crippen LogP contribution in [-0.4, -0.2) is 13.0 Å². The first-order valence-corrected chi connectivity index (χ1v) is 6.54. The second kappa shape index (κ2) is 6.23. The number of likely N-dealkylation sites (N-methyl/N-ethyl adjacent to an activating group) is 1. The van der Waals surface area contributed by atoms with Crippen molar-refractivity contribution in [2.45, 2.75) is 5.38 Å². The van der Waals surface area contributed by atoms with Crippen LogP contribution in [0.3, 0.4) is 0 Å². The molecule has 0 saturated carbocycles. The second-order valence-corrected chi connectivity index (χ2v) is 4.77. The third kappa shape index (κ3) is 2.98. The van der Waals surface area contributed by atoms with E-state index >= 15 is 0 Å². The van der Waals surface area contributed by atoms with Gasteiger partial charge in [0.2, 0.25) is 5.91 Å². The number of carbonyl (C=O) groups is 1. The quantitative estimate of drug-likeness (QED) is 0.810. The molecule has 1 atom stereocenters. The Balaban J connectivity index is 2.22. The van der Waals surface area contributed by atoms with Crippen molar-refractivity contribution < 1.29 is 4.79 Å². The van der Waals surface area contributed by atoms with E-state index in [4.69, 9.17) is 16.9 Å². The number of anilines is 1. The molecule has 0 saturated heterocycles. The fourth-order valence-electron chi connectivity index (χ4n) is 1.85. The van der Waals surface area contributed by atoms with Crippen LogP contribution in [-0.2, 0) is 4.79 Å². The van der Waals surface area contributed by atoms with E-state index in [9.17, 15) is 4.79 Å². The first-order valence-electron chi connectivity index (χ1n) is 6.10. The molecule has 3 nitrogen and oxygen atoms in total. The molecule has 2 aromatic rings. The standard InChI is InChI=1S/C16H13ClN2O/c1-19(14-9-5-6-12(10-14)11-18)16(20)15(17)13-7-3-2-4-8-13/h2-10,15H,1H3. The van der Waals surface area contributed by atoms with Crippen molar-refractivity contribution in [3.05, 3.63) is 65.7 Å². The van der Waals surface area contributed by atoms with Gasteiger partial charge >= 0.3 is 0 Å². The van der Waals surface area contributed by atoms with Crippen LogP contribution in [0, 0.1) is 11.3 Å². The van der Waals surface area contributed by atoms with E-state index in [2.05, 4.69) is 6.07 Å². The van der Waals surface area contributed by atoms with Crippen LogP contribution in [0.5, 0.6) is 0 Å². The lowest BCUT2D eigenvalue weighted by Gasteiger charge is -2.20. The highest BCUT2D eigenvalue weighted by Crippen LogP contribution is 2.25. The first-order chi connectivity index (χ1) is 9.63. The monoisotopic (exact) mass is 284 g/mol. The van der Waals surface area contributed by atoms with Gasteiger partial charge in [0.05, 0.1) is 11.6 Å². The maximum absolute atomic E-state index is 12.4. The van der Waals surface area contributed by atoms with Crippen LogP contribution >= 0.6 is 11.6 Å². The Bertz CT molecular complexity index is 649. The zero-order valence-electron chi connectivity index (χ0n) is 11.0. The van der Waals surface area contributed by atoms with Crippen molar-refractivity contribution in [2.75, 3.05) is 11.9 Å². The molecule has 4 heteroatoms. The maximum atomic E-state index is 12.4. The summed E-state index contributed by atoms with van der Waals surface area (Å²) in [5, 5.41) is 8.15. The summed E-state index contributed by atoms with van der Waals surface area (Å²) < 4.78 is 0. The molecule has 0 N–H and O–H groups in total. The molecule has 100 valence electrons. The van der Waals surface area contributed by atoms with Crippen molar-refractivity contribution in [1.82, 2.24) is 0 Å². The maximum Gasteiger partial charge on any atom is 0.249 e. The topological polar surface area (TPSA) is 44.1 Å². The first kappa shape index (κ1) is 14.1. The summed E-state index contributed by atoms with van der Waals surface area (Å²) in [4.78, 5) is 13.8. The fourth-order valence-corrected chi connectivity index (χ4v) is 2.14. The van der Waals surface area contributed by atoms with Gasteiger partial charge in [0.15, 0.2) is 0 Å². The van der Waals surface area contributed by atoms with E-state index in [-0.39, 0.29) is 5.91 Å². The van der Waals surface area contributed by atoms with E-state index in [1.165, 1.54) is 4.90 Å². The summed E-state index contributed by atoms with van der Waals surface area (Å²) in [5.74, 6) is -0.229. The third-order valence-electron chi connectivity index (χ3n) is 3.00. The average molecular weight is 285 g/mol. The minimum atomic E-state index is -0.744. The Kier molecular flexibility index (Phi) is 4.39. The molecule has 0 heterocycles. The number of amides is 1. The number of nitrogens with zero attached hydrogens (tertiary/aromatic N) is 2. The molecule has 1 amide bonds. The van der Waals surface area contributed by atoms with Crippen molar-refractivity contribution in [3.63, 3.8) is 0 Å². The van der Waals surface area contributed by atoms with Gasteiger partial charge in [0.25, 0.3) is 0 Å². The molecule has 2 rings (SSSR count). The van der Waals surface area contributed by atoms with Gasteiger partial charge in [-0.05, 0) is 23.8 Å². The molecular weight excluding hydrogens is 272 g/mol. The molecule has 0 spiro atoms. The van der Waals surface area contributed by atoms with Crippen LogP contribution in [0.15, 0.2) is 54.6 Å². The number of rotatable bonds is 3. The van der Waals surface area contributed by atoms with Gasteiger partial charge < -0.3 is 4.90 Å². The molecule has 0 radical (unpaired) electrons. The summed E-state index contributed by atoms with van der Waals surface area (Å²) in [6.07, 6.45) is 0. The summed E-state index contributed by atoms with van der Waals surface area (Å²) in [5.41, 5.74) is 1.91. The van der Waals surface area contributed by atoms with Crippen molar-refractivity contribution in [3.8, 4) is 6.07 Å². The van der Waals surface area contributed by atoms with Crippen molar-refractivity contribution in [2.24, 2.45) is 0 Å². The fraction of sp³-hybridized carbons (Fsp3) is 0.125. The highest BCUT2D eigenvalue weighted by atomic mass is 35.5. The van der Waals surface area contributed by atoms with Gasteiger partial charge in [-0.3, -0.25) is 4.79 Å². The van der Waals surface area contributed by atoms with E-state index in [0.29, 0.717) is 11.3 Å². The van der Waals surface area contributed by atoms with E-state index < -0.39 is 5.38 Å². The van der Waals surface area contributed by atoms with Gasteiger partial charge in [-0.1, -0.05) is 36.4 Å². The molecule has 2 aromatic carbocycles. The molecule has 20 heavy (non-hydrogen) atoms. The lowest BCUT2D eigenvalue weighted by atomic mass is 10.1. The van der Waals surface area contributed by atoms with E-state index in [1.807, 2.05) is 30.3 Å². The van der Waals surface area contributed by atoms with Crippen molar-refractivity contribution >= 4 is 23.2 Å². The van der Waals surface area contributed by atoms with Crippen LogP contribution in [0.1, 0.15) is 16.5 Å². The lowest BCUT2D eigenvalue weighted by molar-refractivity contribution is -0.118. The Morgan fingerprint density at radius 3 is 2.55 bits per heavy atom. The van der Waals surface area contributed by atoms with Crippen LogP contribution < -0.4 is 4.90 Å². The highest BCUT2D eigenvalue weighted by molar-refractivity contribution is 6.32. The lowest BCUT2D eigenvalue weighted by Crippen LogP contribution is -2.29. The molecule has 0 aliphatic carbocycles. The zero-order chi connectivity index (χ0) is 14.5. The second-order valence-electron chi connectivity index (χ2n) is 4.33. The molecule has 0 aliphatic rings. The van der Waals surface area contributed by atoms with Gasteiger partial charge in [0.1, 0.15) is 5.38 Å². The van der Waals surface area contributed by atoms with Gasteiger partial charge in [-0.15, -0.1) is 11.6 Å². The zero-order valence-corrected chi connectivity index (χ0v) is 11.7. The van der Waals surface area contributed by atoms with Crippen molar-refractivity contribution in [1.29, 1.82) is 5.26 Å². The number of hydrogen-bond donors (Lipinski definition) is 0. The third-order valence-corrected chi connectivity index (χ3v) is 3.44. The molecule has 0 fully saturated rings. The number of benzene rings is 2. The van der Waals surface area contributed by atoms with Gasteiger partial charge in [0, 0.05) is 12.7 Å². The molecule has 0 bridgehead atoms. The molecule has 1 unspecified atom stereocenters. The summed E-state index contributed by atoms with van der Waals surface area (Å²) in [6.45, 7) is 0. The smallest absolute Gasteiger partial charge is 0.249 e. The predicted octanol–water partition coefficient (Wildman–Crippen LogP) is 3.50. The SMILES string of the molecule is CN(C(=O)C(Cl)c1ccccc1)c1cccc(C#N)c1. The largest absolute Gasteiger partial charge is 0.314 e. The number of nitriles is 1. The summed E-state index contributed by atoms with van der Waals surface area (Å²) in [7, 11) is 1.65. The molecule has 0 aliphatic heterocycles. The Morgan fingerprint density at radius 1 is 1.20 bits per heavy atom. The van der Waals surface area contributed by atoms with Crippen LogP contribution in [0.4, 0.5) is 5.69 Å². The highest BCUT2D eigenvalue weighted by Gasteiger charge is 2.22. The minimum absolute atomic E-state index is 0.229. The summed E-state index contributed by atoms with van der Waals surface area (Å²) >= 11 is 6.22. The Morgan fingerprint density at radius 2 is 1.90 bits per heavy atom. The number of hydrogen-bond acceptors (Lipinski definition) is 2. The molecule has 0 aromatic heterocycles. The Labute approximate surface area is 123 Å². The van der Waals surface area contributed by atoms with E-state index in [1.54, 1.807) is 31.3 Å². The predicted molar refractivity (Wildman–Crippen MR) is 79.6 cm³/mol. The number of alkyl halides is 1. The van der Waals surface area contributed by atoms with Crippen LogP contribution in [0.2, 0.25) is 0 Å². The minimum Gasteiger partial charge on any atom is -0.314 e. The number of carbonyl (C=O) groups excluding carboxylic acids is 1. The van der Waals surface area contributed by atoms with E-state index in [0.717, 1.165) is 5.56 Å². The normalized spacial score (nSPS) is 11.4. The van der Waals surface area contributed by atoms with Crippen LogP contribution in [0.25, 0.3) is 0 Å². The number of halogens is 1. The van der Waals surface area contributed by atoms with Gasteiger partial charge in [-0.2, -0.15) is 5.26 Å². The Hall–Kier alpha value is -2.31.